The molecule has 25 heavy (non-hydrogen) atoms. The second kappa shape index (κ2) is 9.72. The second-order valence-electron chi connectivity index (χ2n) is 6.04. The van der Waals surface area contributed by atoms with E-state index in [0.717, 1.165) is 43.5 Å². The minimum Gasteiger partial charge on any atom is -0.496 e. The predicted octanol–water partition coefficient (Wildman–Crippen LogP) is 4.22. The number of unbranched alkanes of at least 4 members (excludes halogenated alkanes) is 1. The zero-order valence-corrected chi connectivity index (χ0v) is 15.2. The first-order chi connectivity index (χ1) is 12.2. The highest BCUT2D eigenvalue weighted by Crippen LogP contribution is 2.31. The number of rotatable bonds is 9. The largest absolute Gasteiger partial charge is 0.496 e. The zero-order valence-electron chi connectivity index (χ0n) is 15.2. The quantitative estimate of drug-likeness (QED) is 0.530. The molecule has 0 saturated heterocycles. The molecule has 0 saturated carbocycles. The first-order valence-corrected chi connectivity index (χ1v) is 8.91. The van der Waals surface area contributed by atoms with Gasteiger partial charge in [0.15, 0.2) is 0 Å². The van der Waals surface area contributed by atoms with Crippen LogP contribution >= 0.6 is 0 Å². The number of benzene rings is 2. The lowest BCUT2D eigenvalue weighted by Crippen LogP contribution is -2.37. The van der Waals surface area contributed by atoms with Crippen LogP contribution in [0.2, 0.25) is 0 Å². The van der Waals surface area contributed by atoms with Crippen molar-refractivity contribution in [2.45, 2.75) is 32.6 Å². The van der Waals surface area contributed by atoms with Crippen LogP contribution in [-0.4, -0.2) is 26.2 Å². The number of carbonyl (C=O) groups is 1. The number of nitrogens with one attached hydrogen (secondary N) is 2. The Kier molecular flexibility index (Phi) is 7.33. The summed E-state index contributed by atoms with van der Waals surface area (Å²) in [6.45, 7) is 7.29. The number of methoxy groups -OCH3 is 1. The van der Waals surface area contributed by atoms with Gasteiger partial charge < -0.3 is 15.4 Å². The summed E-state index contributed by atoms with van der Waals surface area (Å²) in [5, 5.41) is 8.19. The Hall–Kier alpha value is -2.49. The third-order valence-corrected chi connectivity index (χ3v) is 4.26. The van der Waals surface area contributed by atoms with Crippen LogP contribution < -0.4 is 15.4 Å². The van der Waals surface area contributed by atoms with Gasteiger partial charge in [0.1, 0.15) is 5.75 Å². The number of ether oxygens (including phenoxy) is 1. The number of amides is 2. The smallest absolute Gasteiger partial charge is 0.314 e. The molecule has 0 aliphatic rings. The minimum atomic E-state index is -0.0995. The molecule has 0 atom stereocenters. The van der Waals surface area contributed by atoms with Crippen LogP contribution in [-0.2, 0) is 12.8 Å². The molecular formula is C21H28N2O2. The van der Waals surface area contributed by atoms with Gasteiger partial charge in [-0.1, -0.05) is 43.7 Å². The van der Waals surface area contributed by atoms with Crippen LogP contribution in [0.3, 0.4) is 0 Å². The van der Waals surface area contributed by atoms with Crippen molar-refractivity contribution in [3.8, 4) is 5.75 Å². The van der Waals surface area contributed by atoms with E-state index in [4.69, 9.17) is 4.74 Å². The molecule has 2 rings (SSSR count). The molecule has 0 aliphatic carbocycles. The lowest BCUT2D eigenvalue weighted by atomic mass is 9.95. The van der Waals surface area contributed by atoms with Crippen LogP contribution in [0, 0.1) is 0 Å². The van der Waals surface area contributed by atoms with Crippen LogP contribution in [0.25, 0.3) is 10.8 Å². The topological polar surface area (TPSA) is 50.4 Å². The van der Waals surface area contributed by atoms with Gasteiger partial charge in [-0.2, -0.15) is 0 Å². The SMILES string of the molecule is C=CCc1c(OC)ccc2cccc(CCNC(=O)NCCCC)c12. The second-order valence-corrected chi connectivity index (χ2v) is 6.04. The Morgan fingerprint density at radius 3 is 2.72 bits per heavy atom. The Labute approximate surface area is 150 Å². The summed E-state index contributed by atoms with van der Waals surface area (Å²) < 4.78 is 5.53. The van der Waals surface area contributed by atoms with Crippen molar-refractivity contribution >= 4 is 16.8 Å². The highest BCUT2D eigenvalue weighted by molar-refractivity contribution is 5.91. The van der Waals surface area contributed by atoms with Gasteiger partial charge in [0.05, 0.1) is 7.11 Å². The van der Waals surface area contributed by atoms with Gasteiger partial charge in [0.25, 0.3) is 0 Å². The standard InChI is InChI=1S/C21H28N2O2/c1-4-6-14-22-21(24)23-15-13-17-10-7-9-16-11-12-19(25-3)18(8-5-2)20(16)17/h5,7,9-12H,2,4,6,8,13-15H2,1,3H3,(H2,22,23,24). The maximum Gasteiger partial charge on any atom is 0.314 e. The van der Waals surface area contributed by atoms with Crippen molar-refractivity contribution in [3.63, 3.8) is 0 Å². The summed E-state index contributed by atoms with van der Waals surface area (Å²) >= 11 is 0. The maximum atomic E-state index is 11.8. The van der Waals surface area contributed by atoms with E-state index in [-0.39, 0.29) is 6.03 Å². The fourth-order valence-corrected chi connectivity index (χ4v) is 3.01. The molecule has 2 aromatic carbocycles. The van der Waals surface area contributed by atoms with Crippen LogP contribution in [0.4, 0.5) is 4.79 Å². The lowest BCUT2D eigenvalue weighted by Gasteiger charge is -2.15. The minimum absolute atomic E-state index is 0.0995. The number of hydrogen-bond donors (Lipinski definition) is 2. The molecule has 0 spiro atoms. The van der Waals surface area contributed by atoms with E-state index in [2.05, 4.69) is 48.4 Å². The molecular weight excluding hydrogens is 312 g/mol. The molecule has 0 heterocycles. The molecule has 0 aromatic heterocycles. The average Bonchev–Trinajstić information content (AvgIpc) is 2.62. The summed E-state index contributed by atoms with van der Waals surface area (Å²) in [6, 6.07) is 10.3. The summed E-state index contributed by atoms with van der Waals surface area (Å²) in [5.74, 6) is 0.880. The molecule has 0 unspecified atom stereocenters. The van der Waals surface area contributed by atoms with Crippen molar-refractivity contribution in [1.29, 1.82) is 0 Å². The van der Waals surface area contributed by atoms with Crippen molar-refractivity contribution in [3.05, 3.63) is 54.1 Å². The highest BCUT2D eigenvalue weighted by atomic mass is 16.5. The summed E-state index contributed by atoms with van der Waals surface area (Å²) in [6.07, 6.45) is 5.50. The molecule has 2 N–H and O–H groups in total. The van der Waals surface area contributed by atoms with Crippen LogP contribution in [0.15, 0.2) is 43.0 Å². The van der Waals surface area contributed by atoms with Gasteiger partial charge in [0, 0.05) is 18.7 Å². The Morgan fingerprint density at radius 2 is 2.00 bits per heavy atom. The summed E-state index contributed by atoms with van der Waals surface area (Å²) in [5.41, 5.74) is 2.36. The lowest BCUT2D eigenvalue weighted by molar-refractivity contribution is 0.241. The van der Waals surface area contributed by atoms with E-state index in [9.17, 15) is 4.79 Å². The maximum absolute atomic E-state index is 11.8. The fourth-order valence-electron chi connectivity index (χ4n) is 3.01. The van der Waals surface area contributed by atoms with E-state index < -0.39 is 0 Å². The number of fused-ring (bicyclic) bond motifs is 1. The number of hydrogen-bond acceptors (Lipinski definition) is 2. The monoisotopic (exact) mass is 340 g/mol. The molecule has 4 nitrogen and oxygen atoms in total. The van der Waals surface area contributed by atoms with Gasteiger partial charge in [0.2, 0.25) is 0 Å². The Balaban J connectivity index is 2.15. The average molecular weight is 340 g/mol. The van der Waals surface area contributed by atoms with Gasteiger partial charge in [-0.05, 0) is 41.7 Å². The van der Waals surface area contributed by atoms with E-state index in [1.807, 2.05) is 12.1 Å². The van der Waals surface area contributed by atoms with E-state index >= 15 is 0 Å². The number of carbonyl (C=O) groups excluding carboxylic acids is 1. The summed E-state index contributed by atoms with van der Waals surface area (Å²) in [4.78, 5) is 11.8. The van der Waals surface area contributed by atoms with E-state index in [0.29, 0.717) is 6.54 Å². The third kappa shape index (κ3) is 4.99. The first kappa shape index (κ1) is 18.8. The van der Waals surface area contributed by atoms with E-state index in [1.54, 1.807) is 7.11 Å². The molecule has 0 radical (unpaired) electrons. The van der Waals surface area contributed by atoms with Crippen LogP contribution in [0.5, 0.6) is 5.75 Å². The van der Waals surface area contributed by atoms with Crippen LogP contribution in [0.1, 0.15) is 30.9 Å². The van der Waals surface area contributed by atoms with Gasteiger partial charge in [-0.25, -0.2) is 4.79 Å². The first-order valence-electron chi connectivity index (χ1n) is 8.91. The fraction of sp³-hybridized carbons (Fsp3) is 0.381. The van der Waals surface area contributed by atoms with Crippen molar-refractivity contribution in [2.75, 3.05) is 20.2 Å². The molecule has 2 amide bonds. The molecule has 2 aromatic rings. The number of urea groups is 1. The normalized spacial score (nSPS) is 10.5. The van der Waals surface area contributed by atoms with Crippen molar-refractivity contribution in [2.24, 2.45) is 0 Å². The van der Waals surface area contributed by atoms with Gasteiger partial charge >= 0.3 is 6.03 Å². The molecule has 0 aliphatic heterocycles. The Morgan fingerprint density at radius 1 is 1.20 bits per heavy atom. The molecule has 4 heteroatoms. The summed E-state index contributed by atoms with van der Waals surface area (Å²) in [7, 11) is 1.69. The van der Waals surface area contributed by atoms with Crippen molar-refractivity contribution < 1.29 is 9.53 Å². The van der Waals surface area contributed by atoms with Crippen molar-refractivity contribution in [1.82, 2.24) is 10.6 Å². The highest BCUT2D eigenvalue weighted by Gasteiger charge is 2.11. The zero-order chi connectivity index (χ0) is 18.1. The third-order valence-electron chi connectivity index (χ3n) is 4.26. The van der Waals surface area contributed by atoms with E-state index in [1.165, 1.54) is 16.3 Å². The molecule has 0 bridgehead atoms. The molecule has 0 fully saturated rings. The molecule has 134 valence electrons. The van der Waals surface area contributed by atoms with Gasteiger partial charge in [-0.3, -0.25) is 0 Å². The Bertz CT molecular complexity index is 725. The predicted molar refractivity (Wildman–Crippen MR) is 104 cm³/mol. The van der Waals surface area contributed by atoms with Gasteiger partial charge in [-0.15, -0.1) is 6.58 Å². The number of allylic oxidation sites excluding steroid dienone is 1.